The molecule has 1 rings (SSSR count). The van der Waals surface area contributed by atoms with E-state index in [1.807, 2.05) is 39.0 Å². The lowest BCUT2D eigenvalue weighted by Crippen LogP contribution is -2.37. The molecule has 0 aliphatic carbocycles. The fourth-order valence-corrected chi connectivity index (χ4v) is 1.94. The van der Waals surface area contributed by atoms with Crippen molar-refractivity contribution >= 4 is 11.9 Å². The second-order valence-electron chi connectivity index (χ2n) is 4.96. The predicted molar refractivity (Wildman–Crippen MR) is 74.2 cm³/mol. The molecule has 0 saturated heterocycles. The summed E-state index contributed by atoms with van der Waals surface area (Å²) in [5.41, 5.74) is 1.70. The van der Waals surface area contributed by atoms with Crippen LogP contribution in [0.4, 0.5) is 0 Å². The number of aliphatic carboxylic acids is 1. The van der Waals surface area contributed by atoms with Crippen LogP contribution >= 0.6 is 0 Å². The van der Waals surface area contributed by atoms with Crippen molar-refractivity contribution in [2.45, 2.75) is 39.7 Å². The SMILES string of the molecule is Cc1cccc(C(=O)N(CCCC(=O)O)C(C)C)c1. The maximum Gasteiger partial charge on any atom is 0.303 e. The van der Waals surface area contributed by atoms with Crippen LogP contribution in [0.5, 0.6) is 0 Å². The first kappa shape index (κ1) is 15.2. The topological polar surface area (TPSA) is 57.6 Å². The minimum absolute atomic E-state index is 0.0379. The Balaban J connectivity index is 2.75. The number of nitrogens with zero attached hydrogens (tertiary/aromatic N) is 1. The van der Waals surface area contributed by atoms with Crippen molar-refractivity contribution in [1.29, 1.82) is 0 Å². The largest absolute Gasteiger partial charge is 0.481 e. The van der Waals surface area contributed by atoms with Crippen molar-refractivity contribution in [3.63, 3.8) is 0 Å². The molecule has 0 fully saturated rings. The number of carboxylic acid groups (broad SMARTS) is 1. The summed E-state index contributed by atoms with van der Waals surface area (Å²) in [6, 6.07) is 7.51. The molecule has 104 valence electrons. The number of rotatable bonds is 6. The van der Waals surface area contributed by atoms with Crippen LogP contribution in [0.3, 0.4) is 0 Å². The lowest BCUT2D eigenvalue weighted by molar-refractivity contribution is -0.137. The van der Waals surface area contributed by atoms with Crippen LogP contribution in [-0.4, -0.2) is 34.5 Å². The van der Waals surface area contributed by atoms with E-state index in [0.717, 1.165) is 5.56 Å². The minimum atomic E-state index is -0.827. The van der Waals surface area contributed by atoms with Gasteiger partial charge in [-0.3, -0.25) is 9.59 Å². The molecular weight excluding hydrogens is 242 g/mol. The van der Waals surface area contributed by atoms with E-state index in [2.05, 4.69) is 0 Å². The van der Waals surface area contributed by atoms with Crippen LogP contribution in [0.2, 0.25) is 0 Å². The van der Waals surface area contributed by atoms with Crippen molar-refractivity contribution in [2.75, 3.05) is 6.54 Å². The summed E-state index contributed by atoms with van der Waals surface area (Å²) in [5, 5.41) is 8.65. The number of hydrogen-bond acceptors (Lipinski definition) is 2. The highest BCUT2D eigenvalue weighted by atomic mass is 16.4. The average molecular weight is 263 g/mol. The van der Waals surface area contributed by atoms with Crippen LogP contribution in [0.25, 0.3) is 0 Å². The van der Waals surface area contributed by atoms with Gasteiger partial charge in [0.2, 0.25) is 0 Å². The summed E-state index contributed by atoms with van der Waals surface area (Å²) in [4.78, 5) is 24.6. The van der Waals surface area contributed by atoms with E-state index in [-0.39, 0.29) is 18.4 Å². The number of carbonyl (C=O) groups is 2. The van der Waals surface area contributed by atoms with Crippen molar-refractivity contribution in [3.8, 4) is 0 Å². The Hall–Kier alpha value is -1.84. The van der Waals surface area contributed by atoms with Crippen LogP contribution in [-0.2, 0) is 4.79 Å². The molecule has 0 unspecified atom stereocenters. The third kappa shape index (κ3) is 4.73. The smallest absolute Gasteiger partial charge is 0.303 e. The van der Waals surface area contributed by atoms with Crippen molar-refractivity contribution in [3.05, 3.63) is 35.4 Å². The van der Waals surface area contributed by atoms with E-state index in [1.165, 1.54) is 0 Å². The Morgan fingerprint density at radius 3 is 2.53 bits per heavy atom. The van der Waals surface area contributed by atoms with E-state index in [1.54, 1.807) is 11.0 Å². The summed E-state index contributed by atoms with van der Waals surface area (Å²) in [6.45, 7) is 6.29. The molecule has 0 atom stereocenters. The van der Waals surface area contributed by atoms with Gasteiger partial charge in [-0.15, -0.1) is 0 Å². The van der Waals surface area contributed by atoms with Gasteiger partial charge in [0.15, 0.2) is 0 Å². The lowest BCUT2D eigenvalue weighted by Gasteiger charge is -2.26. The fourth-order valence-electron chi connectivity index (χ4n) is 1.94. The molecule has 4 nitrogen and oxygen atoms in total. The van der Waals surface area contributed by atoms with Crippen molar-refractivity contribution in [1.82, 2.24) is 4.90 Å². The summed E-state index contributed by atoms with van der Waals surface area (Å²) >= 11 is 0. The Labute approximate surface area is 114 Å². The first-order valence-electron chi connectivity index (χ1n) is 6.51. The summed E-state index contributed by atoms with van der Waals surface area (Å²) in [6.07, 6.45) is 0.565. The highest BCUT2D eigenvalue weighted by Gasteiger charge is 2.18. The molecule has 0 heterocycles. The van der Waals surface area contributed by atoms with E-state index >= 15 is 0 Å². The quantitative estimate of drug-likeness (QED) is 0.858. The number of hydrogen-bond donors (Lipinski definition) is 1. The predicted octanol–water partition coefficient (Wildman–Crippen LogP) is 2.71. The Bertz CT molecular complexity index is 454. The fraction of sp³-hybridized carbons (Fsp3) is 0.467. The molecule has 0 saturated carbocycles. The number of amides is 1. The Kier molecular flexibility index (Phi) is 5.55. The molecule has 0 bridgehead atoms. The molecular formula is C15H21NO3. The van der Waals surface area contributed by atoms with Gasteiger partial charge >= 0.3 is 5.97 Å². The van der Waals surface area contributed by atoms with Gasteiger partial charge in [-0.25, -0.2) is 0 Å². The highest BCUT2D eigenvalue weighted by molar-refractivity contribution is 5.94. The Morgan fingerprint density at radius 2 is 2.00 bits per heavy atom. The van der Waals surface area contributed by atoms with Crippen molar-refractivity contribution < 1.29 is 14.7 Å². The number of carbonyl (C=O) groups excluding carboxylic acids is 1. The zero-order chi connectivity index (χ0) is 14.4. The molecule has 19 heavy (non-hydrogen) atoms. The van der Waals surface area contributed by atoms with Gasteiger partial charge in [0.25, 0.3) is 5.91 Å². The molecule has 4 heteroatoms. The standard InChI is InChI=1S/C15H21NO3/c1-11(2)16(9-5-8-14(17)18)15(19)13-7-4-6-12(3)10-13/h4,6-7,10-11H,5,8-9H2,1-3H3,(H,17,18). The second-order valence-corrected chi connectivity index (χ2v) is 4.96. The molecule has 0 aliphatic heterocycles. The summed E-state index contributed by atoms with van der Waals surface area (Å²) in [5.74, 6) is -0.865. The maximum absolute atomic E-state index is 12.4. The summed E-state index contributed by atoms with van der Waals surface area (Å²) in [7, 11) is 0. The summed E-state index contributed by atoms with van der Waals surface area (Å²) < 4.78 is 0. The normalized spacial score (nSPS) is 10.5. The molecule has 0 radical (unpaired) electrons. The van der Waals surface area contributed by atoms with Crippen LogP contribution in [0.15, 0.2) is 24.3 Å². The van der Waals surface area contributed by atoms with Crippen molar-refractivity contribution in [2.24, 2.45) is 0 Å². The zero-order valence-electron chi connectivity index (χ0n) is 11.7. The Morgan fingerprint density at radius 1 is 1.32 bits per heavy atom. The molecule has 1 aromatic carbocycles. The third-order valence-corrected chi connectivity index (χ3v) is 2.94. The van der Waals surface area contributed by atoms with Gasteiger partial charge in [-0.2, -0.15) is 0 Å². The number of carboxylic acids is 1. The van der Waals surface area contributed by atoms with E-state index in [9.17, 15) is 9.59 Å². The van der Waals surface area contributed by atoms with Gasteiger partial charge in [0.1, 0.15) is 0 Å². The number of aryl methyl sites for hydroxylation is 1. The first-order valence-corrected chi connectivity index (χ1v) is 6.51. The second kappa shape index (κ2) is 6.92. The third-order valence-electron chi connectivity index (χ3n) is 2.94. The molecule has 0 spiro atoms. The van der Waals surface area contributed by atoms with Gasteiger partial charge in [-0.1, -0.05) is 17.7 Å². The van der Waals surface area contributed by atoms with E-state index in [4.69, 9.17) is 5.11 Å². The lowest BCUT2D eigenvalue weighted by atomic mass is 10.1. The minimum Gasteiger partial charge on any atom is -0.481 e. The monoisotopic (exact) mass is 263 g/mol. The zero-order valence-corrected chi connectivity index (χ0v) is 11.7. The molecule has 1 aromatic rings. The molecule has 0 aromatic heterocycles. The maximum atomic E-state index is 12.4. The molecule has 0 aliphatic rings. The van der Waals surface area contributed by atoms with Crippen LogP contribution in [0.1, 0.15) is 42.6 Å². The van der Waals surface area contributed by atoms with Gasteiger partial charge in [0, 0.05) is 24.6 Å². The van der Waals surface area contributed by atoms with Crippen LogP contribution < -0.4 is 0 Å². The van der Waals surface area contributed by atoms with Gasteiger partial charge in [0.05, 0.1) is 0 Å². The van der Waals surface area contributed by atoms with E-state index in [0.29, 0.717) is 18.5 Å². The van der Waals surface area contributed by atoms with E-state index < -0.39 is 5.97 Å². The van der Waals surface area contributed by atoms with Gasteiger partial charge < -0.3 is 10.0 Å². The number of benzene rings is 1. The molecule has 1 N–H and O–H groups in total. The average Bonchev–Trinajstić information content (AvgIpc) is 2.33. The first-order chi connectivity index (χ1) is 8.91. The van der Waals surface area contributed by atoms with Gasteiger partial charge in [-0.05, 0) is 39.3 Å². The molecule has 1 amide bonds. The van der Waals surface area contributed by atoms with Crippen LogP contribution in [0, 0.1) is 6.92 Å². The highest BCUT2D eigenvalue weighted by Crippen LogP contribution is 2.11.